The molecule has 3 N–H and O–H groups in total. The van der Waals surface area contributed by atoms with Gasteiger partial charge >= 0.3 is 6.18 Å². The van der Waals surface area contributed by atoms with Crippen LogP contribution in [0, 0.1) is 5.92 Å². The molecule has 10 heteroatoms. The molecule has 3 aromatic rings. The van der Waals surface area contributed by atoms with Crippen LogP contribution in [0.3, 0.4) is 0 Å². The number of ether oxygens (including phenoxy) is 1. The third kappa shape index (κ3) is 7.83. The maximum atomic E-state index is 13.8. The molecule has 0 saturated carbocycles. The molecule has 0 heterocycles. The molecule has 0 spiro atoms. The van der Waals surface area contributed by atoms with Gasteiger partial charge in [-0.1, -0.05) is 78.9 Å². The van der Waals surface area contributed by atoms with Crippen LogP contribution in [-0.2, 0) is 32.1 Å². The number of carbonyl (C=O) groups excluding carboxylic acids is 3. The highest BCUT2D eigenvalue weighted by Gasteiger charge is 2.43. The van der Waals surface area contributed by atoms with E-state index < -0.39 is 36.2 Å². The van der Waals surface area contributed by atoms with Crippen LogP contribution in [0.1, 0.15) is 42.5 Å². The smallest absolute Gasteiger partial charge is 0.377 e. The molecule has 2 amide bonds. The highest BCUT2D eigenvalue weighted by atomic mass is 19.4. The monoisotopic (exact) mass is 582 g/mol. The molecule has 1 aliphatic rings. The fraction of sp³-hybridized carbons (Fsp3) is 0.344. The van der Waals surface area contributed by atoms with Crippen LogP contribution in [0.4, 0.5) is 13.2 Å². The standard InChI is InChI=1S/C32H33F3N2O5/c1-31(41,29(39)36-20-32(33,34)35)30(40)37-28-26-14-8-7-13-25(26)24-12-6-5-11-23(24)17-22(18-27(28)38)15-16-42-19-21-9-3-2-4-10-21/h2-14,22,28,41H,15-20H2,1H3,(H,36,39)(H,37,40)/t22?,28-,31-/m0/s1. The molecule has 222 valence electrons. The first-order valence-electron chi connectivity index (χ1n) is 13.7. The highest BCUT2D eigenvalue weighted by Crippen LogP contribution is 2.36. The summed E-state index contributed by atoms with van der Waals surface area (Å²) in [4.78, 5) is 39.3. The van der Waals surface area contributed by atoms with Crippen LogP contribution in [0.15, 0.2) is 78.9 Å². The molecule has 7 nitrogen and oxygen atoms in total. The van der Waals surface area contributed by atoms with E-state index in [2.05, 4.69) is 5.32 Å². The minimum atomic E-state index is -4.73. The number of hydrogen-bond acceptors (Lipinski definition) is 5. The van der Waals surface area contributed by atoms with Crippen molar-refractivity contribution in [2.75, 3.05) is 13.2 Å². The number of halogens is 3. The topological polar surface area (TPSA) is 105 Å². The number of amides is 2. The average molecular weight is 583 g/mol. The Morgan fingerprint density at radius 2 is 1.55 bits per heavy atom. The Labute approximate surface area is 242 Å². The van der Waals surface area contributed by atoms with Crippen molar-refractivity contribution in [1.29, 1.82) is 0 Å². The molecule has 0 aliphatic heterocycles. The summed E-state index contributed by atoms with van der Waals surface area (Å²) < 4.78 is 43.7. The van der Waals surface area contributed by atoms with Gasteiger partial charge in [0.25, 0.3) is 11.8 Å². The van der Waals surface area contributed by atoms with Gasteiger partial charge < -0.3 is 20.5 Å². The van der Waals surface area contributed by atoms with Gasteiger partial charge in [0.15, 0.2) is 5.78 Å². The van der Waals surface area contributed by atoms with Gasteiger partial charge in [-0.2, -0.15) is 13.2 Å². The first kappa shape index (κ1) is 30.9. The molecule has 1 aliphatic carbocycles. The Hall–Kier alpha value is -4.02. The second-order valence-corrected chi connectivity index (χ2v) is 10.6. The van der Waals surface area contributed by atoms with Gasteiger partial charge in [-0.15, -0.1) is 0 Å². The summed E-state index contributed by atoms with van der Waals surface area (Å²) in [5, 5.41) is 14.6. The molecule has 0 saturated heterocycles. The number of aliphatic hydroxyl groups is 1. The van der Waals surface area contributed by atoms with Crippen LogP contribution in [-0.4, -0.2) is 47.6 Å². The minimum Gasteiger partial charge on any atom is -0.377 e. The Bertz CT molecular complexity index is 1410. The summed E-state index contributed by atoms with van der Waals surface area (Å²) in [5.74, 6) is -3.33. The number of Topliss-reactive ketones (excluding diaryl/α,β-unsaturated/α-hetero) is 1. The second-order valence-electron chi connectivity index (χ2n) is 10.6. The molecule has 42 heavy (non-hydrogen) atoms. The van der Waals surface area contributed by atoms with E-state index in [0.717, 1.165) is 23.6 Å². The number of alkyl halides is 3. The van der Waals surface area contributed by atoms with E-state index in [1.165, 1.54) is 5.32 Å². The minimum absolute atomic E-state index is 0.0602. The Balaban J connectivity index is 1.59. The summed E-state index contributed by atoms with van der Waals surface area (Å²) in [5.41, 5.74) is 1.19. The van der Waals surface area contributed by atoms with Gasteiger partial charge in [0.2, 0.25) is 5.60 Å². The maximum Gasteiger partial charge on any atom is 0.405 e. The molecular weight excluding hydrogens is 549 g/mol. The number of nitrogens with one attached hydrogen (secondary N) is 2. The average Bonchev–Trinajstić information content (AvgIpc) is 3.01. The quantitative estimate of drug-likeness (QED) is 0.251. The maximum absolute atomic E-state index is 13.8. The first-order valence-corrected chi connectivity index (χ1v) is 13.7. The van der Waals surface area contributed by atoms with Gasteiger partial charge in [-0.05, 0) is 53.5 Å². The van der Waals surface area contributed by atoms with Crippen molar-refractivity contribution < 1.29 is 37.4 Å². The number of fused-ring (bicyclic) bond motifs is 3. The Morgan fingerprint density at radius 3 is 2.26 bits per heavy atom. The lowest BCUT2D eigenvalue weighted by molar-refractivity contribution is -0.158. The third-order valence-corrected chi connectivity index (χ3v) is 7.29. The summed E-state index contributed by atoms with van der Waals surface area (Å²) in [6.07, 6.45) is -3.54. The van der Waals surface area contributed by atoms with Gasteiger partial charge in [0.05, 0.1) is 6.61 Å². The molecule has 0 bridgehead atoms. The third-order valence-electron chi connectivity index (χ3n) is 7.29. The van der Waals surface area contributed by atoms with E-state index in [-0.39, 0.29) is 18.1 Å². The number of ketones is 1. The van der Waals surface area contributed by atoms with E-state index in [0.29, 0.717) is 37.2 Å². The highest BCUT2D eigenvalue weighted by molar-refractivity contribution is 6.09. The molecule has 3 aromatic carbocycles. The first-order chi connectivity index (χ1) is 20.0. The second kappa shape index (κ2) is 13.3. The predicted octanol–water partition coefficient (Wildman–Crippen LogP) is 4.68. The van der Waals surface area contributed by atoms with Crippen molar-refractivity contribution in [2.45, 2.75) is 50.6 Å². The zero-order valence-electron chi connectivity index (χ0n) is 23.1. The van der Waals surface area contributed by atoms with Crippen molar-refractivity contribution in [3.05, 3.63) is 95.6 Å². The molecule has 4 rings (SSSR count). The SMILES string of the molecule is C[C@](O)(C(=O)NCC(F)(F)F)C(=O)N[C@@H]1C(=O)CC(CCOCc2ccccc2)Cc2ccccc2-c2ccccc21. The largest absolute Gasteiger partial charge is 0.405 e. The Kier molecular flexibility index (Phi) is 9.80. The number of carbonyl (C=O) groups is 3. The van der Waals surface area contributed by atoms with Crippen LogP contribution in [0.5, 0.6) is 0 Å². The number of benzene rings is 3. The van der Waals surface area contributed by atoms with E-state index in [4.69, 9.17) is 4.74 Å². The molecule has 0 radical (unpaired) electrons. The van der Waals surface area contributed by atoms with Crippen LogP contribution in [0.2, 0.25) is 0 Å². The van der Waals surface area contributed by atoms with Crippen molar-refractivity contribution in [3.8, 4) is 11.1 Å². The van der Waals surface area contributed by atoms with Crippen molar-refractivity contribution in [1.82, 2.24) is 10.6 Å². The Morgan fingerprint density at radius 1 is 0.905 bits per heavy atom. The molecule has 1 unspecified atom stereocenters. The summed E-state index contributed by atoms with van der Waals surface area (Å²) in [6.45, 7) is -0.103. The van der Waals surface area contributed by atoms with Gasteiger partial charge in [-0.25, -0.2) is 0 Å². The molecular formula is C32H33F3N2O5. The van der Waals surface area contributed by atoms with Crippen LogP contribution < -0.4 is 10.6 Å². The van der Waals surface area contributed by atoms with E-state index in [9.17, 15) is 32.7 Å². The number of rotatable bonds is 9. The fourth-order valence-corrected chi connectivity index (χ4v) is 5.02. The van der Waals surface area contributed by atoms with Gasteiger partial charge in [0.1, 0.15) is 12.6 Å². The van der Waals surface area contributed by atoms with Crippen LogP contribution >= 0.6 is 0 Å². The van der Waals surface area contributed by atoms with Crippen molar-refractivity contribution in [2.24, 2.45) is 5.92 Å². The normalized spacial score (nSPS) is 18.4. The molecule has 0 fully saturated rings. The number of hydrogen-bond donors (Lipinski definition) is 3. The lowest BCUT2D eigenvalue weighted by Crippen LogP contribution is -2.57. The van der Waals surface area contributed by atoms with E-state index >= 15 is 0 Å². The molecule has 3 atom stereocenters. The predicted molar refractivity (Wildman–Crippen MR) is 150 cm³/mol. The van der Waals surface area contributed by atoms with Gasteiger partial charge in [0, 0.05) is 13.0 Å². The summed E-state index contributed by atoms with van der Waals surface area (Å²) in [6, 6.07) is 23.1. The lowest BCUT2D eigenvalue weighted by atomic mass is 9.89. The van der Waals surface area contributed by atoms with E-state index in [1.807, 2.05) is 60.7 Å². The van der Waals surface area contributed by atoms with Crippen molar-refractivity contribution in [3.63, 3.8) is 0 Å². The van der Waals surface area contributed by atoms with Gasteiger partial charge in [-0.3, -0.25) is 14.4 Å². The van der Waals surface area contributed by atoms with E-state index in [1.54, 1.807) is 18.2 Å². The fourth-order valence-electron chi connectivity index (χ4n) is 5.02. The van der Waals surface area contributed by atoms with Crippen molar-refractivity contribution >= 4 is 17.6 Å². The lowest BCUT2D eigenvalue weighted by Gasteiger charge is -2.27. The molecule has 0 aromatic heterocycles. The zero-order chi connectivity index (χ0) is 30.3. The summed E-state index contributed by atoms with van der Waals surface area (Å²) in [7, 11) is 0. The summed E-state index contributed by atoms with van der Waals surface area (Å²) >= 11 is 0. The zero-order valence-corrected chi connectivity index (χ0v) is 23.1. The van der Waals surface area contributed by atoms with Crippen LogP contribution in [0.25, 0.3) is 11.1 Å².